The van der Waals surface area contributed by atoms with Gasteiger partial charge in [-0.15, -0.1) is 11.3 Å². The number of fused-ring (bicyclic) bond motifs is 9. The minimum atomic E-state index is -0.438. The van der Waals surface area contributed by atoms with Gasteiger partial charge in [-0.05, 0) is 126 Å². The van der Waals surface area contributed by atoms with E-state index in [1.165, 1.54) is 98.1 Å². The van der Waals surface area contributed by atoms with Gasteiger partial charge in [0.15, 0.2) is 0 Å². The molecule has 2 heteroatoms. The summed E-state index contributed by atoms with van der Waals surface area (Å²) >= 11 is 1.90. The third kappa shape index (κ3) is 5.71. The molecule has 13 rings (SSSR count). The van der Waals surface area contributed by atoms with E-state index < -0.39 is 5.41 Å². The van der Waals surface area contributed by atoms with Crippen LogP contribution in [0.4, 0.5) is 17.1 Å². The van der Waals surface area contributed by atoms with E-state index in [0.29, 0.717) is 0 Å². The van der Waals surface area contributed by atoms with Gasteiger partial charge in [-0.3, -0.25) is 0 Å². The van der Waals surface area contributed by atoms with Crippen molar-refractivity contribution >= 4 is 48.6 Å². The molecule has 0 spiro atoms. The van der Waals surface area contributed by atoms with Gasteiger partial charge in [-0.2, -0.15) is 0 Å². The van der Waals surface area contributed by atoms with Crippen LogP contribution < -0.4 is 4.90 Å². The molecule has 0 aliphatic heterocycles. The first kappa shape index (κ1) is 38.7. The number of hydrogen-bond acceptors (Lipinski definition) is 2. The van der Waals surface area contributed by atoms with E-state index in [1.54, 1.807) is 0 Å². The zero-order valence-corrected chi connectivity index (χ0v) is 37.7. The Labute approximate surface area is 390 Å². The number of thiophene rings is 1. The highest BCUT2D eigenvalue weighted by Gasteiger charge is 2.46. The Morgan fingerprint density at radius 2 is 0.864 bits per heavy atom. The first-order chi connectivity index (χ1) is 32.5. The molecule has 66 heavy (non-hydrogen) atoms. The second-order valence-electron chi connectivity index (χ2n) is 18.4. The summed E-state index contributed by atoms with van der Waals surface area (Å²) in [6, 6.07) is 88.2. The Morgan fingerprint density at radius 1 is 0.333 bits per heavy atom. The summed E-state index contributed by atoms with van der Waals surface area (Å²) < 4.78 is 2.59. The zero-order chi connectivity index (χ0) is 44.0. The summed E-state index contributed by atoms with van der Waals surface area (Å²) in [5.41, 5.74) is 20.9. The van der Waals surface area contributed by atoms with Crippen molar-refractivity contribution in [2.75, 3.05) is 4.90 Å². The Balaban J connectivity index is 0.973. The molecule has 2 aliphatic rings. The molecule has 11 aromatic rings. The quantitative estimate of drug-likeness (QED) is 0.154. The zero-order valence-electron chi connectivity index (χ0n) is 36.9. The van der Waals surface area contributed by atoms with E-state index >= 15 is 0 Å². The van der Waals surface area contributed by atoms with Crippen molar-refractivity contribution < 1.29 is 0 Å². The van der Waals surface area contributed by atoms with E-state index in [1.807, 2.05) is 11.3 Å². The smallest absolute Gasteiger partial charge is 0.0714 e. The third-order valence-corrected chi connectivity index (χ3v) is 15.7. The van der Waals surface area contributed by atoms with Crippen LogP contribution in [-0.4, -0.2) is 0 Å². The predicted molar refractivity (Wildman–Crippen MR) is 280 cm³/mol. The van der Waals surface area contributed by atoms with Gasteiger partial charge in [0, 0.05) is 42.6 Å². The first-order valence-corrected chi connectivity index (χ1v) is 23.8. The lowest BCUT2D eigenvalue weighted by molar-refractivity contribution is 0.660. The van der Waals surface area contributed by atoms with E-state index in [2.05, 4.69) is 255 Å². The summed E-state index contributed by atoms with van der Waals surface area (Å²) in [4.78, 5) is 2.45. The molecule has 0 bridgehead atoms. The molecule has 0 radical (unpaired) electrons. The minimum absolute atomic E-state index is 0.123. The normalized spacial score (nSPS) is 13.8. The number of nitrogens with zero attached hydrogens (tertiary/aromatic N) is 1. The largest absolute Gasteiger partial charge is 0.310 e. The summed E-state index contributed by atoms with van der Waals surface area (Å²) in [5.74, 6) is 0. The molecule has 312 valence electrons. The van der Waals surface area contributed by atoms with Gasteiger partial charge in [-0.25, -0.2) is 0 Å². The van der Waals surface area contributed by atoms with E-state index in [0.717, 1.165) is 17.1 Å². The van der Waals surface area contributed by atoms with Crippen LogP contribution in [0.3, 0.4) is 0 Å². The van der Waals surface area contributed by atoms with Gasteiger partial charge in [0.2, 0.25) is 0 Å². The van der Waals surface area contributed by atoms with Crippen molar-refractivity contribution in [3.63, 3.8) is 0 Å². The SMILES string of the molecule is CC1(C)c2ccccc2-c2ccc(N(c3cccc(-c4ccccc4)c3)c3cccc(-c4cccc5sc6cc(C7(c8ccccc8)c8ccccc8-c8ccccc87)ccc6c45)c3)cc21. The average molecular weight is 860 g/mol. The molecule has 0 unspecified atom stereocenters. The molecular formula is C64H45NS. The highest BCUT2D eigenvalue weighted by molar-refractivity contribution is 7.26. The van der Waals surface area contributed by atoms with Crippen molar-refractivity contribution in [2.24, 2.45) is 0 Å². The van der Waals surface area contributed by atoms with E-state index in [-0.39, 0.29) is 5.41 Å². The predicted octanol–water partition coefficient (Wildman–Crippen LogP) is 17.5. The van der Waals surface area contributed by atoms with Crippen LogP contribution in [-0.2, 0) is 10.8 Å². The highest BCUT2D eigenvalue weighted by Crippen LogP contribution is 2.57. The summed E-state index contributed by atoms with van der Waals surface area (Å²) in [7, 11) is 0. The number of anilines is 3. The standard InChI is InChI=1S/C64H45NS/c1-63(2)56-30-12-9-26-51(56)54-37-35-49(41-59(54)63)65(47-24-15-20-43(38-47)42-18-5-3-6-19-42)48-25-16-21-44(39-48)50-29-17-33-60-62(50)55-36-34-46(40-61(55)66-60)64(45-22-7-4-8-23-45)57-31-13-10-27-52(57)53-28-11-14-32-58(53)64/h3-41H,1-2H3. The lowest BCUT2D eigenvalue weighted by Crippen LogP contribution is -2.28. The van der Waals surface area contributed by atoms with Gasteiger partial charge in [0.05, 0.1) is 5.41 Å². The first-order valence-electron chi connectivity index (χ1n) is 23.0. The second-order valence-corrected chi connectivity index (χ2v) is 19.5. The molecule has 0 N–H and O–H groups in total. The highest BCUT2D eigenvalue weighted by atomic mass is 32.1. The molecule has 0 amide bonds. The fourth-order valence-electron chi connectivity index (χ4n) is 11.6. The van der Waals surface area contributed by atoms with Crippen LogP contribution in [0.1, 0.15) is 47.2 Å². The molecule has 2 aliphatic carbocycles. The third-order valence-electron chi connectivity index (χ3n) is 14.5. The molecular weight excluding hydrogens is 815 g/mol. The Morgan fingerprint density at radius 3 is 1.58 bits per heavy atom. The van der Waals surface area contributed by atoms with Crippen LogP contribution in [0.2, 0.25) is 0 Å². The molecule has 1 heterocycles. The van der Waals surface area contributed by atoms with Crippen molar-refractivity contribution in [3.8, 4) is 44.5 Å². The van der Waals surface area contributed by atoms with Gasteiger partial charge < -0.3 is 4.90 Å². The molecule has 10 aromatic carbocycles. The summed E-state index contributed by atoms with van der Waals surface area (Å²) in [6.07, 6.45) is 0. The maximum absolute atomic E-state index is 2.49. The molecule has 0 saturated carbocycles. The van der Waals surface area contributed by atoms with Gasteiger partial charge in [0.1, 0.15) is 0 Å². The average Bonchev–Trinajstić information content (AvgIpc) is 3.98. The van der Waals surface area contributed by atoms with E-state index in [9.17, 15) is 0 Å². The van der Waals surface area contributed by atoms with Crippen molar-refractivity contribution in [1.82, 2.24) is 0 Å². The number of rotatable bonds is 7. The van der Waals surface area contributed by atoms with E-state index in [4.69, 9.17) is 0 Å². The van der Waals surface area contributed by atoms with Gasteiger partial charge in [0.25, 0.3) is 0 Å². The molecule has 0 atom stereocenters. The Bertz CT molecular complexity index is 3640. The van der Waals surface area contributed by atoms with Crippen LogP contribution in [0.5, 0.6) is 0 Å². The second kappa shape index (κ2) is 14.9. The lowest BCUT2D eigenvalue weighted by Gasteiger charge is -2.33. The maximum Gasteiger partial charge on any atom is 0.0714 e. The van der Waals surface area contributed by atoms with Crippen LogP contribution in [0.15, 0.2) is 237 Å². The fraction of sp³-hybridized carbons (Fsp3) is 0.0625. The lowest BCUT2D eigenvalue weighted by atomic mass is 9.67. The molecule has 1 aromatic heterocycles. The molecule has 1 nitrogen and oxygen atoms in total. The topological polar surface area (TPSA) is 3.24 Å². The van der Waals surface area contributed by atoms with Crippen LogP contribution in [0.25, 0.3) is 64.7 Å². The summed E-state index contributed by atoms with van der Waals surface area (Å²) in [5, 5.41) is 2.59. The van der Waals surface area contributed by atoms with Crippen LogP contribution >= 0.6 is 11.3 Å². The van der Waals surface area contributed by atoms with Crippen LogP contribution in [0, 0.1) is 0 Å². The monoisotopic (exact) mass is 859 g/mol. The van der Waals surface area contributed by atoms with Crippen molar-refractivity contribution in [2.45, 2.75) is 24.7 Å². The summed E-state index contributed by atoms with van der Waals surface area (Å²) in [6.45, 7) is 4.73. The Kier molecular flexibility index (Phi) is 8.72. The van der Waals surface area contributed by atoms with Crippen molar-refractivity contribution in [1.29, 1.82) is 0 Å². The fourth-order valence-corrected chi connectivity index (χ4v) is 12.7. The maximum atomic E-state index is 2.49. The number of hydrogen-bond donors (Lipinski definition) is 0. The molecule has 0 fully saturated rings. The van der Waals surface area contributed by atoms with Crippen molar-refractivity contribution in [3.05, 3.63) is 270 Å². The number of benzene rings is 10. The minimum Gasteiger partial charge on any atom is -0.310 e. The Hall–Kier alpha value is -7.78. The van der Waals surface area contributed by atoms with Gasteiger partial charge in [-0.1, -0.05) is 202 Å². The molecule has 0 saturated heterocycles. The van der Waals surface area contributed by atoms with Gasteiger partial charge >= 0.3 is 0 Å².